The van der Waals surface area contributed by atoms with Crippen molar-refractivity contribution in [3.63, 3.8) is 0 Å². The van der Waals surface area contributed by atoms with Crippen LogP contribution in [0.25, 0.3) is 0 Å². The summed E-state index contributed by atoms with van der Waals surface area (Å²) in [6, 6.07) is 9.44. The summed E-state index contributed by atoms with van der Waals surface area (Å²) in [5.74, 6) is 1.41. The third-order valence-corrected chi connectivity index (χ3v) is 2.96. The number of pyridine rings is 1. The van der Waals surface area contributed by atoms with Gasteiger partial charge in [0.05, 0.1) is 26.5 Å². The van der Waals surface area contributed by atoms with Gasteiger partial charge in [-0.15, -0.1) is 0 Å². The number of ether oxygens (including phenoxy) is 2. The van der Waals surface area contributed by atoms with E-state index in [4.69, 9.17) is 9.47 Å². The Morgan fingerprint density at radius 2 is 1.95 bits per heavy atom. The fourth-order valence-electron chi connectivity index (χ4n) is 1.93. The first-order chi connectivity index (χ1) is 9.24. The van der Waals surface area contributed by atoms with E-state index in [-0.39, 0.29) is 0 Å². The minimum atomic E-state index is -0.640. The monoisotopic (exact) mass is 259 g/mol. The van der Waals surface area contributed by atoms with Gasteiger partial charge in [-0.3, -0.25) is 4.98 Å². The molecule has 0 saturated carbocycles. The predicted molar refractivity (Wildman–Crippen MR) is 72.4 cm³/mol. The molecule has 1 heterocycles. The molecule has 100 valence electrons. The lowest BCUT2D eigenvalue weighted by Gasteiger charge is -2.14. The molecule has 0 fully saturated rings. The molecule has 0 radical (unpaired) electrons. The highest BCUT2D eigenvalue weighted by Gasteiger charge is 2.12. The van der Waals surface area contributed by atoms with Crippen molar-refractivity contribution < 1.29 is 14.6 Å². The Morgan fingerprint density at radius 1 is 1.16 bits per heavy atom. The van der Waals surface area contributed by atoms with Crippen molar-refractivity contribution in [3.05, 3.63) is 53.9 Å². The number of rotatable bonds is 5. The van der Waals surface area contributed by atoms with Gasteiger partial charge in [-0.2, -0.15) is 0 Å². The molecular formula is C15H17NO3. The number of nitrogens with zero attached hydrogens (tertiary/aromatic N) is 1. The summed E-state index contributed by atoms with van der Waals surface area (Å²) in [5, 5.41) is 10.3. The molecular weight excluding hydrogens is 242 g/mol. The molecule has 1 aromatic carbocycles. The fraction of sp³-hybridized carbons (Fsp3) is 0.267. The van der Waals surface area contributed by atoms with Crippen LogP contribution in [0.5, 0.6) is 11.5 Å². The number of aromatic nitrogens is 1. The van der Waals surface area contributed by atoms with E-state index in [0.29, 0.717) is 12.2 Å². The second-order valence-corrected chi connectivity index (χ2v) is 4.19. The molecule has 0 aliphatic carbocycles. The lowest BCUT2D eigenvalue weighted by molar-refractivity contribution is 0.176. The minimum absolute atomic E-state index is 0.471. The second kappa shape index (κ2) is 6.20. The minimum Gasteiger partial charge on any atom is -0.496 e. The molecule has 0 amide bonds. The van der Waals surface area contributed by atoms with Crippen molar-refractivity contribution in [1.29, 1.82) is 0 Å². The van der Waals surface area contributed by atoms with Gasteiger partial charge in [-0.05, 0) is 17.7 Å². The van der Waals surface area contributed by atoms with E-state index in [1.54, 1.807) is 32.7 Å². The standard InChI is InChI=1S/C15H17NO3/c1-18-13-7-12(9-16-10-13)14(17)8-11-5-3-4-6-15(11)19-2/h3-7,9-10,14,17H,8H2,1-2H3. The molecule has 0 spiro atoms. The van der Waals surface area contributed by atoms with Gasteiger partial charge in [0.25, 0.3) is 0 Å². The van der Waals surface area contributed by atoms with Crippen LogP contribution in [-0.2, 0) is 6.42 Å². The van der Waals surface area contributed by atoms with Gasteiger partial charge < -0.3 is 14.6 Å². The number of aliphatic hydroxyl groups is 1. The molecule has 4 heteroatoms. The number of benzene rings is 1. The van der Waals surface area contributed by atoms with Gasteiger partial charge in [0.2, 0.25) is 0 Å². The topological polar surface area (TPSA) is 51.6 Å². The van der Waals surface area contributed by atoms with Crippen LogP contribution in [0.2, 0.25) is 0 Å². The highest BCUT2D eigenvalue weighted by molar-refractivity contribution is 5.35. The molecule has 1 unspecified atom stereocenters. The first-order valence-electron chi connectivity index (χ1n) is 6.03. The summed E-state index contributed by atoms with van der Waals surface area (Å²) in [6.45, 7) is 0. The van der Waals surface area contributed by atoms with E-state index in [2.05, 4.69) is 4.98 Å². The zero-order valence-corrected chi connectivity index (χ0v) is 11.0. The Bertz CT molecular complexity index is 542. The molecule has 0 saturated heterocycles. The summed E-state index contributed by atoms with van der Waals surface area (Å²) in [4.78, 5) is 4.04. The van der Waals surface area contributed by atoms with Gasteiger partial charge in [0.1, 0.15) is 11.5 Å². The zero-order chi connectivity index (χ0) is 13.7. The number of aliphatic hydroxyl groups excluding tert-OH is 1. The summed E-state index contributed by atoms with van der Waals surface area (Å²) >= 11 is 0. The molecule has 4 nitrogen and oxygen atoms in total. The Balaban J connectivity index is 2.18. The van der Waals surface area contributed by atoms with Crippen molar-refractivity contribution in [2.75, 3.05) is 14.2 Å². The maximum atomic E-state index is 10.3. The molecule has 1 N–H and O–H groups in total. The van der Waals surface area contributed by atoms with Crippen LogP contribution < -0.4 is 9.47 Å². The maximum absolute atomic E-state index is 10.3. The number of hydrogen-bond acceptors (Lipinski definition) is 4. The Labute approximate surface area is 112 Å². The summed E-state index contributed by atoms with van der Waals surface area (Å²) in [6.07, 6.45) is 3.08. The Kier molecular flexibility index (Phi) is 4.36. The quantitative estimate of drug-likeness (QED) is 0.895. The van der Waals surface area contributed by atoms with E-state index in [9.17, 15) is 5.11 Å². The van der Waals surface area contributed by atoms with Crippen molar-refractivity contribution in [1.82, 2.24) is 4.98 Å². The van der Waals surface area contributed by atoms with Crippen LogP contribution in [0.3, 0.4) is 0 Å². The fourth-order valence-corrected chi connectivity index (χ4v) is 1.93. The summed E-state index contributed by atoms with van der Waals surface area (Å²) < 4.78 is 10.4. The van der Waals surface area contributed by atoms with Gasteiger partial charge in [-0.1, -0.05) is 18.2 Å². The molecule has 1 aromatic heterocycles. The molecule has 0 bridgehead atoms. The van der Waals surface area contributed by atoms with E-state index < -0.39 is 6.10 Å². The van der Waals surface area contributed by atoms with Crippen LogP contribution in [0.1, 0.15) is 17.2 Å². The van der Waals surface area contributed by atoms with Crippen LogP contribution >= 0.6 is 0 Å². The number of methoxy groups -OCH3 is 2. The smallest absolute Gasteiger partial charge is 0.137 e. The highest BCUT2D eigenvalue weighted by Crippen LogP contribution is 2.25. The molecule has 1 atom stereocenters. The highest BCUT2D eigenvalue weighted by atomic mass is 16.5. The summed E-state index contributed by atoms with van der Waals surface area (Å²) in [5.41, 5.74) is 1.69. The first kappa shape index (κ1) is 13.4. The molecule has 0 aliphatic heterocycles. The first-order valence-corrected chi connectivity index (χ1v) is 6.03. The molecule has 2 aromatic rings. The maximum Gasteiger partial charge on any atom is 0.137 e. The van der Waals surface area contributed by atoms with Gasteiger partial charge in [0.15, 0.2) is 0 Å². The van der Waals surface area contributed by atoms with Crippen LogP contribution in [0.4, 0.5) is 0 Å². The van der Waals surface area contributed by atoms with E-state index in [1.807, 2.05) is 24.3 Å². The van der Waals surface area contributed by atoms with Crippen molar-refractivity contribution >= 4 is 0 Å². The third kappa shape index (κ3) is 3.23. The molecule has 0 aliphatic rings. The van der Waals surface area contributed by atoms with Crippen LogP contribution in [0, 0.1) is 0 Å². The predicted octanol–water partition coefficient (Wildman–Crippen LogP) is 2.37. The SMILES string of the molecule is COc1cncc(C(O)Cc2ccccc2OC)c1. The molecule has 2 rings (SSSR count). The summed E-state index contributed by atoms with van der Waals surface area (Å²) in [7, 11) is 3.20. The van der Waals surface area contributed by atoms with Gasteiger partial charge >= 0.3 is 0 Å². The normalized spacial score (nSPS) is 11.9. The number of hydrogen-bond donors (Lipinski definition) is 1. The van der Waals surface area contributed by atoms with E-state index >= 15 is 0 Å². The number of para-hydroxylation sites is 1. The second-order valence-electron chi connectivity index (χ2n) is 4.19. The zero-order valence-electron chi connectivity index (χ0n) is 11.0. The van der Waals surface area contributed by atoms with Gasteiger partial charge in [-0.25, -0.2) is 0 Å². The third-order valence-electron chi connectivity index (χ3n) is 2.96. The van der Waals surface area contributed by atoms with Gasteiger partial charge in [0, 0.05) is 18.2 Å². The average Bonchev–Trinajstić information content (AvgIpc) is 2.47. The van der Waals surface area contributed by atoms with Crippen molar-refractivity contribution in [2.24, 2.45) is 0 Å². The van der Waals surface area contributed by atoms with Crippen molar-refractivity contribution in [2.45, 2.75) is 12.5 Å². The van der Waals surface area contributed by atoms with E-state index in [0.717, 1.165) is 16.9 Å². The van der Waals surface area contributed by atoms with Crippen molar-refractivity contribution in [3.8, 4) is 11.5 Å². The lowest BCUT2D eigenvalue weighted by atomic mass is 10.0. The van der Waals surface area contributed by atoms with Crippen LogP contribution in [-0.4, -0.2) is 24.3 Å². The Hall–Kier alpha value is -2.07. The molecule has 19 heavy (non-hydrogen) atoms. The van der Waals surface area contributed by atoms with E-state index in [1.165, 1.54) is 0 Å². The lowest BCUT2D eigenvalue weighted by Crippen LogP contribution is -2.04. The Morgan fingerprint density at radius 3 is 2.68 bits per heavy atom. The largest absolute Gasteiger partial charge is 0.496 e. The average molecular weight is 259 g/mol. The van der Waals surface area contributed by atoms with Crippen LogP contribution in [0.15, 0.2) is 42.7 Å².